The summed E-state index contributed by atoms with van der Waals surface area (Å²) >= 11 is 0. The number of carboxylic acids is 1. The molecule has 5 nitrogen and oxygen atoms in total. The van der Waals surface area contributed by atoms with Crippen LogP contribution in [0.1, 0.15) is 13.8 Å². The maximum absolute atomic E-state index is 10.6. The molecule has 0 aliphatic heterocycles. The summed E-state index contributed by atoms with van der Waals surface area (Å²) in [5.41, 5.74) is 2.47. The van der Waals surface area contributed by atoms with Crippen molar-refractivity contribution in [1.82, 2.24) is 5.48 Å². The van der Waals surface area contributed by atoms with Gasteiger partial charge in [-0.1, -0.05) is 13.8 Å². The average Bonchev–Trinajstić information content (AvgIpc) is 2.02. The maximum atomic E-state index is 10.6. The predicted octanol–water partition coefficient (Wildman–Crippen LogP) is 0.263. The first kappa shape index (κ1) is 12.3. The van der Waals surface area contributed by atoms with Crippen LogP contribution in [0.4, 0.5) is 0 Å². The molecule has 0 aliphatic carbocycles. The monoisotopic (exact) mass is 191 g/mol. The second-order valence-electron chi connectivity index (χ2n) is 3.02. The first-order chi connectivity index (χ1) is 6.09. The van der Waals surface area contributed by atoms with Gasteiger partial charge in [-0.25, -0.2) is 0 Å². The second kappa shape index (κ2) is 6.82. The fourth-order valence-corrected chi connectivity index (χ4v) is 0.745. The van der Waals surface area contributed by atoms with E-state index in [4.69, 9.17) is 14.7 Å². The van der Waals surface area contributed by atoms with Crippen molar-refractivity contribution in [2.24, 2.45) is 5.92 Å². The second-order valence-corrected chi connectivity index (χ2v) is 3.02. The normalized spacial score (nSPS) is 13.2. The Bertz CT molecular complexity index is 149. The van der Waals surface area contributed by atoms with Gasteiger partial charge in [0.1, 0.15) is 6.04 Å². The Balaban J connectivity index is 3.64. The molecule has 0 aliphatic rings. The van der Waals surface area contributed by atoms with E-state index in [0.717, 1.165) is 0 Å². The molecule has 78 valence electrons. The summed E-state index contributed by atoms with van der Waals surface area (Å²) in [6.45, 7) is 4.40. The number of aliphatic carboxylic acids is 1. The van der Waals surface area contributed by atoms with Crippen LogP contribution in [-0.4, -0.2) is 37.4 Å². The minimum absolute atomic E-state index is 0.0138. The third-order valence-electron chi connectivity index (χ3n) is 1.53. The number of hydrogen-bond acceptors (Lipinski definition) is 4. The highest BCUT2D eigenvalue weighted by molar-refractivity contribution is 5.73. The molecule has 2 N–H and O–H groups in total. The molecule has 0 aromatic rings. The number of rotatable bonds is 7. The zero-order valence-electron chi connectivity index (χ0n) is 8.24. The van der Waals surface area contributed by atoms with Crippen molar-refractivity contribution in [2.75, 3.05) is 20.3 Å². The van der Waals surface area contributed by atoms with Crippen LogP contribution in [0, 0.1) is 5.92 Å². The van der Waals surface area contributed by atoms with Crippen molar-refractivity contribution in [2.45, 2.75) is 19.9 Å². The quantitative estimate of drug-likeness (QED) is 0.446. The van der Waals surface area contributed by atoms with E-state index in [1.165, 1.54) is 0 Å². The fourth-order valence-electron chi connectivity index (χ4n) is 0.745. The molecule has 0 saturated heterocycles. The number of methoxy groups -OCH3 is 1. The van der Waals surface area contributed by atoms with Crippen LogP contribution >= 0.6 is 0 Å². The Kier molecular flexibility index (Phi) is 6.48. The summed E-state index contributed by atoms with van der Waals surface area (Å²) in [7, 11) is 1.56. The molecule has 0 radical (unpaired) electrons. The lowest BCUT2D eigenvalue weighted by Crippen LogP contribution is -2.41. The molecular formula is C8H17NO4. The van der Waals surface area contributed by atoms with E-state index in [1.807, 2.05) is 13.8 Å². The van der Waals surface area contributed by atoms with E-state index in [0.29, 0.717) is 13.2 Å². The van der Waals surface area contributed by atoms with Crippen molar-refractivity contribution < 1.29 is 19.5 Å². The van der Waals surface area contributed by atoms with Crippen molar-refractivity contribution in [3.8, 4) is 0 Å². The van der Waals surface area contributed by atoms with Gasteiger partial charge in [-0.3, -0.25) is 9.63 Å². The van der Waals surface area contributed by atoms with Crippen LogP contribution in [0.2, 0.25) is 0 Å². The lowest BCUT2D eigenvalue weighted by atomic mass is 10.1. The Hall–Kier alpha value is -0.650. The van der Waals surface area contributed by atoms with Gasteiger partial charge >= 0.3 is 5.97 Å². The third kappa shape index (κ3) is 5.57. The predicted molar refractivity (Wildman–Crippen MR) is 47.2 cm³/mol. The highest BCUT2D eigenvalue weighted by Gasteiger charge is 2.20. The van der Waals surface area contributed by atoms with Crippen LogP contribution in [0.15, 0.2) is 0 Å². The summed E-state index contributed by atoms with van der Waals surface area (Å²) in [5.74, 6) is -0.924. The van der Waals surface area contributed by atoms with Crippen LogP contribution in [-0.2, 0) is 14.4 Å². The smallest absolute Gasteiger partial charge is 0.323 e. The molecule has 1 atom stereocenters. The van der Waals surface area contributed by atoms with E-state index >= 15 is 0 Å². The molecule has 0 rings (SSSR count). The molecule has 0 aromatic heterocycles. The first-order valence-corrected chi connectivity index (χ1v) is 4.18. The number of hydrogen-bond donors (Lipinski definition) is 2. The summed E-state index contributed by atoms with van der Waals surface area (Å²) in [4.78, 5) is 15.5. The molecular weight excluding hydrogens is 174 g/mol. The Morgan fingerprint density at radius 2 is 2.08 bits per heavy atom. The zero-order chi connectivity index (χ0) is 10.3. The van der Waals surface area contributed by atoms with Gasteiger partial charge in [0, 0.05) is 7.11 Å². The van der Waals surface area contributed by atoms with E-state index in [9.17, 15) is 4.79 Å². The SMILES string of the molecule is COCCONC(C(=O)O)C(C)C. The average molecular weight is 191 g/mol. The largest absolute Gasteiger partial charge is 0.480 e. The standard InChI is InChI=1S/C8H17NO4/c1-6(2)7(8(10)11)9-13-5-4-12-3/h6-7,9H,4-5H2,1-3H3,(H,10,11). The molecule has 0 saturated carbocycles. The summed E-state index contributed by atoms with van der Waals surface area (Å²) in [6.07, 6.45) is 0. The van der Waals surface area contributed by atoms with Gasteiger partial charge < -0.3 is 9.84 Å². The fraction of sp³-hybridized carbons (Fsp3) is 0.875. The highest BCUT2D eigenvalue weighted by atomic mass is 16.7. The number of ether oxygens (including phenoxy) is 1. The van der Waals surface area contributed by atoms with E-state index in [1.54, 1.807) is 7.11 Å². The molecule has 13 heavy (non-hydrogen) atoms. The van der Waals surface area contributed by atoms with Crippen LogP contribution < -0.4 is 5.48 Å². The number of nitrogens with one attached hydrogen (secondary N) is 1. The third-order valence-corrected chi connectivity index (χ3v) is 1.53. The molecule has 0 amide bonds. The van der Waals surface area contributed by atoms with Gasteiger partial charge in [0.15, 0.2) is 0 Å². The molecule has 1 unspecified atom stereocenters. The van der Waals surface area contributed by atoms with Crippen LogP contribution in [0.25, 0.3) is 0 Å². The molecule has 0 aromatic carbocycles. The van der Waals surface area contributed by atoms with Crippen molar-refractivity contribution >= 4 is 5.97 Å². The zero-order valence-corrected chi connectivity index (χ0v) is 8.24. The van der Waals surface area contributed by atoms with Gasteiger partial charge in [0.2, 0.25) is 0 Å². The van der Waals surface area contributed by atoms with Gasteiger partial charge in [-0.2, -0.15) is 5.48 Å². The summed E-state index contributed by atoms with van der Waals surface area (Å²) < 4.78 is 4.73. The van der Waals surface area contributed by atoms with E-state index in [2.05, 4.69) is 5.48 Å². The number of carboxylic acid groups (broad SMARTS) is 1. The lowest BCUT2D eigenvalue weighted by molar-refractivity contribution is -0.146. The first-order valence-electron chi connectivity index (χ1n) is 4.18. The molecule has 0 fully saturated rings. The lowest BCUT2D eigenvalue weighted by Gasteiger charge is -2.17. The molecule has 0 spiro atoms. The van der Waals surface area contributed by atoms with Crippen LogP contribution in [0.3, 0.4) is 0 Å². The Labute approximate surface area is 78.0 Å². The van der Waals surface area contributed by atoms with Crippen molar-refractivity contribution in [3.05, 3.63) is 0 Å². The van der Waals surface area contributed by atoms with Gasteiger partial charge in [-0.05, 0) is 5.92 Å². The number of carbonyl (C=O) groups is 1. The molecule has 0 heterocycles. The number of hydroxylamine groups is 1. The van der Waals surface area contributed by atoms with E-state index in [-0.39, 0.29) is 5.92 Å². The van der Waals surface area contributed by atoms with E-state index < -0.39 is 12.0 Å². The highest BCUT2D eigenvalue weighted by Crippen LogP contribution is 2.00. The van der Waals surface area contributed by atoms with Crippen LogP contribution in [0.5, 0.6) is 0 Å². The van der Waals surface area contributed by atoms with Gasteiger partial charge in [0.25, 0.3) is 0 Å². The molecule has 5 heteroatoms. The van der Waals surface area contributed by atoms with Gasteiger partial charge in [-0.15, -0.1) is 0 Å². The topological polar surface area (TPSA) is 67.8 Å². The van der Waals surface area contributed by atoms with Gasteiger partial charge in [0.05, 0.1) is 13.2 Å². The Morgan fingerprint density at radius 1 is 1.46 bits per heavy atom. The maximum Gasteiger partial charge on any atom is 0.323 e. The minimum atomic E-state index is -0.910. The van der Waals surface area contributed by atoms with Crippen molar-refractivity contribution in [3.63, 3.8) is 0 Å². The summed E-state index contributed by atoms with van der Waals surface area (Å²) in [6, 6.07) is -0.670. The minimum Gasteiger partial charge on any atom is -0.480 e. The summed E-state index contributed by atoms with van der Waals surface area (Å²) in [5, 5.41) is 8.73. The Morgan fingerprint density at radius 3 is 2.46 bits per heavy atom. The van der Waals surface area contributed by atoms with Crippen molar-refractivity contribution in [1.29, 1.82) is 0 Å². The molecule has 0 bridgehead atoms.